The topological polar surface area (TPSA) is 81.9 Å². The van der Waals surface area contributed by atoms with E-state index in [0.29, 0.717) is 12.2 Å². The van der Waals surface area contributed by atoms with Crippen molar-refractivity contribution in [1.82, 2.24) is 9.99 Å². The van der Waals surface area contributed by atoms with Crippen LogP contribution in [0.5, 0.6) is 5.75 Å². The Morgan fingerprint density at radius 2 is 1.81 bits per heavy atom. The molecule has 0 radical (unpaired) electrons. The molecule has 32 heavy (non-hydrogen) atoms. The standard InChI is InChI=1S/C25H27N3O4/c1-5-32-25(30)22-8-6-7-9-23(22)28-17(2)14-20(18(28)3)16-26-27-24(29)15-19-10-12-21(31-4)13-11-19/h6-14,16H,5,15H2,1-4H3,(H,27,29)/b26-16-. The lowest BCUT2D eigenvalue weighted by molar-refractivity contribution is -0.120. The van der Waals surface area contributed by atoms with Crippen LogP contribution < -0.4 is 10.2 Å². The summed E-state index contributed by atoms with van der Waals surface area (Å²) in [5, 5.41) is 4.11. The zero-order valence-electron chi connectivity index (χ0n) is 18.7. The van der Waals surface area contributed by atoms with E-state index in [-0.39, 0.29) is 18.3 Å². The van der Waals surface area contributed by atoms with Crippen LogP contribution in [0.1, 0.15) is 39.8 Å². The zero-order chi connectivity index (χ0) is 23.1. The molecule has 7 nitrogen and oxygen atoms in total. The van der Waals surface area contributed by atoms with Gasteiger partial charge in [-0.25, -0.2) is 10.2 Å². The number of ether oxygens (including phenoxy) is 2. The average Bonchev–Trinajstić information content (AvgIpc) is 3.07. The first-order valence-electron chi connectivity index (χ1n) is 10.3. The van der Waals surface area contributed by atoms with Gasteiger partial charge in [0.1, 0.15) is 5.75 Å². The molecule has 0 aliphatic rings. The fraction of sp³-hybridized carbons (Fsp3) is 0.240. The van der Waals surface area contributed by atoms with Gasteiger partial charge in [0.25, 0.3) is 0 Å². The van der Waals surface area contributed by atoms with Gasteiger partial charge in [-0.15, -0.1) is 0 Å². The second kappa shape index (κ2) is 10.4. The molecule has 166 valence electrons. The number of carbonyl (C=O) groups excluding carboxylic acids is 2. The SMILES string of the molecule is CCOC(=O)c1ccccc1-n1c(C)cc(/C=N\NC(=O)Cc2ccc(OC)cc2)c1C. The minimum atomic E-state index is -0.364. The number of aryl methyl sites for hydroxylation is 1. The van der Waals surface area contributed by atoms with Gasteiger partial charge in [-0.05, 0) is 56.7 Å². The van der Waals surface area contributed by atoms with Crippen molar-refractivity contribution < 1.29 is 19.1 Å². The maximum absolute atomic E-state index is 12.4. The Labute approximate surface area is 187 Å². The molecule has 3 rings (SSSR count). The van der Waals surface area contributed by atoms with E-state index in [1.807, 2.05) is 66.9 Å². The van der Waals surface area contributed by atoms with Crippen LogP contribution >= 0.6 is 0 Å². The number of esters is 1. The first-order valence-corrected chi connectivity index (χ1v) is 10.3. The molecule has 3 aromatic rings. The lowest BCUT2D eigenvalue weighted by Gasteiger charge is -2.14. The van der Waals surface area contributed by atoms with Gasteiger partial charge < -0.3 is 14.0 Å². The summed E-state index contributed by atoms with van der Waals surface area (Å²) in [5.41, 5.74) is 7.34. The molecular formula is C25H27N3O4. The Morgan fingerprint density at radius 1 is 1.09 bits per heavy atom. The molecule has 0 atom stereocenters. The van der Waals surface area contributed by atoms with Crippen LogP contribution in [0.15, 0.2) is 59.7 Å². The predicted molar refractivity (Wildman–Crippen MR) is 124 cm³/mol. The smallest absolute Gasteiger partial charge is 0.340 e. The summed E-state index contributed by atoms with van der Waals surface area (Å²) in [6, 6.07) is 16.6. The third kappa shape index (κ3) is 5.24. The minimum Gasteiger partial charge on any atom is -0.497 e. The molecular weight excluding hydrogens is 406 g/mol. The number of benzene rings is 2. The second-order valence-corrected chi connectivity index (χ2v) is 7.22. The molecule has 0 fully saturated rings. The Balaban J connectivity index is 1.74. The number of amides is 1. The summed E-state index contributed by atoms with van der Waals surface area (Å²) in [6.07, 6.45) is 1.82. The van der Waals surface area contributed by atoms with Crippen LogP contribution in [0.4, 0.5) is 0 Å². The predicted octanol–water partition coefficient (Wildman–Crippen LogP) is 3.97. The molecule has 0 aliphatic carbocycles. The van der Waals surface area contributed by atoms with Crippen LogP contribution in [-0.2, 0) is 16.0 Å². The Kier molecular flexibility index (Phi) is 7.44. The fourth-order valence-corrected chi connectivity index (χ4v) is 3.48. The molecule has 0 unspecified atom stereocenters. The van der Waals surface area contributed by atoms with E-state index in [2.05, 4.69) is 10.5 Å². The number of aromatic nitrogens is 1. The normalized spacial score (nSPS) is 10.9. The first kappa shape index (κ1) is 22.8. The van der Waals surface area contributed by atoms with Crippen molar-refractivity contribution in [3.63, 3.8) is 0 Å². The fourth-order valence-electron chi connectivity index (χ4n) is 3.48. The van der Waals surface area contributed by atoms with Gasteiger partial charge in [-0.1, -0.05) is 24.3 Å². The molecule has 0 saturated heterocycles. The second-order valence-electron chi connectivity index (χ2n) is 7.22. The van der Waals surface area contributed by atoms with E-state index in [9.17, 15) is 9.59 Å². The van der Waals surface area contributed by atoms with E-state index in [4.69, 9.17) is 9.47 Å². The number of para-hydroxylation sites is 1. The molecule has 1 heterocycles. The lowest BCUT2D eigenvalue weighted by Crippen LogP contribution is -2.19. The minimum absolute atomic E-state index is 0.215. The van der Waals surface area contributed by atoms with E-state index in [1.165, 1.54) is 0 Å². The van der Waals surface area contributed by atoms with Crippen LogP contribution in [0, 0.1) is 13.8 Å². The summed E-state index contributed by atoms with van der Waals surface area (Å²) in [4.78, 5) is 24.6. The summed E-state index contributed by atoms with van der Waals surface area (Å²) >= 11 is 0. The van der Waals surface area contributed by atoms with Crippen molar-refractivity contribution >= 4 is 18.1 Å². The summed E-state index contributed by atoms with van der Waals surface area (Å²) in [6.45, 7) is 5.99. The lowest BCUT2D eigenvalue weighted by atomic mass is 10.1. The van der Waals surface area contributed by atoms with Gasteiger partial charge in [0.2, 0.25) is 5.91 Å². The van der Waals surface area contributed by atoms with Gasteiger partial charge in [0.15, 0.2) is 0 Å². The van der Waals surface area contributed by atoms with E-state index < -0.39 is 0 Å². The Hall–Kier alpha value is -3.87. The van der Waals surface area contributed by atoms with Crippen molar-refractivity contribution in [2.45, 2.75) is 27.2 Å². The Morgan fingerprint density at radius 3 is 2.50 bits per heavy atom. The molecule has 1 amide bonds. The molecule has 0 aliphatic heterocycles. The van der Waals surface area contributed by atoms with Gasteiger partial charge in [-0.2, -0.15) is 5.10 Å². The Bertz CT molecular complexity index is 1130. The summed E-state index contributed by atoms with van der Waals surface area (Å²) < 4.78 is 12.3. The highest BCUT2D eigenvalue weighted by atomic mass is 16.5. The highest BCUT2D eigenvalue weighted by Gasteiger charge is 2.17. The monoisotopic (exact) mass is 433 g/mol. The maximum Gasteiger partial charge on any atom is 0.340 e. The highest BCUT2D eigenvalue weighted by Crippen LogP contribution is 2.23. The number of methoxy groups -OCH3 is 1. The van der Waals surface area contributed by atoms with Crippen molar-refractivity contribution in [3.8, 4) is 11.4 Å². The van der Waals surface area contributed by atoms with Crippen LogP contribution in [0.2, 0.25) is 0 Å². The molecule has 1 aromatic heterocycles. The molecule has 7 heteroatoms. The van der Waals surface area contributed by atoms with Gasteiger partial charge in [0, 0.05) is 17.0 Å². The maximum atomic E-state index is 12.4. The summed E-state index contributed by atoms with van der Waals surface area (Å²) in [5.74, 6) is 0.163. The quantitative estimate of drug-likeness (QED) is 0.331. The van der Waals surface area contributed by atoms with Crippen LogP contribution in [-0.4, -0.2) is 36.4 Å². The van der Waals surface area contributed by atoms with E-state index in [1.54, 1.807) is 26.3 Å². The van der Waals surface area contributed by atoms with Gasteiger partial charge in [0.05, 0.1) is 37.6 Å². The molecule has 0 spiro atoms. The zero-order valence-corrected chi connectivity index (χ0v) is 18.7. The van der Waals surface area contributed by atoms with Crippen molar-refractivity contribution in [3.05, 3.63) is 82.7 Å². The number of hydrogen-bond acceptors (Lipinski definition) is 5. The van der Waals surface area contributed by atoms with Gasteiger partial charge >= 0.3 is 5.97 Å². The molecule has 1 N–H and O–H groups in total. The summed E-state index contributed by atoms with van der Waals surface area (Å²) in [7, 11) is 1.60. The number of nitrogens with one attached hydrogen (secondary N) is 1. The number of nitrogens with zero attached hydrogens (tertiary/aromatic N) is 2. The van der Waals surface area contributed by atoms with Crippen molar-refractivity contribution in [1.29, 1.82) is 0 Å². The van der Waals surface area contributed by atoms with Crippen molar-refractivity contribution in [2.24, 2.45) is 5.10 Å². The highest BCUT2D eigenvalue weighted by molar-refractivity contribution is 5.94. The van der Waals surface area contributed by atoms with Crippen molar-refractivity contribution in [2.75, 3.05) is 13.7 Å². The molecule has 0 saturated carbocycles. The number of carbonyl (C=O) groups is 2. The number of hydrogen-bond donors (Lipinski definition) is 1. The largest absolute Gasteiger partial charge is 0.497 e. The first-order chi connectivity index (χ1) is 15.4. The molecule has 0 bridgehead atoms. The van der Waals surface area contributed by atoms with E-state index >= 15 is 0 Å². The number of rotatable bonds is 8. The third-order valence-electron chi connectivity index (χ3n) is 5.03. The van der Waals surface area contributed by atoms with Crippen LogP contribution in [0.3, 0.4) is 0 Å². The average molecular weight is 434 g/mol. The van der Waals surface area contributed by atoms with E-state index in [0.717, 1.165) is 34.0 Å². The number of hydrazone groups is 1. The third-order valence-corrected chi connectivity index (χ3v) is 5.03. The molecule has 2 aromatic carbocycles. The van der Waals surface area contributed by atoms with Crippen LogP contribution in [0.25, 0.3) is 5.69 Å². The van der Waals surface area contributed by atoms with Gasteiger partial charge in [-0.3, -0.25) is 4.79 Å².